The van der Waals surface area contributed by atoms with Crippen molar-refractivity contribution in [3.8, 4) is 22.9 Å². The topological polar surface area (TPSA) is 92.0 Å². The van der Waals surface area contributed by atoms with Gasteiger partial charge in [-0.2, -0.15) is 21.6 Å². The maximum atomic E-state index is 12.8. The smallest absolute Gasteiger partial charge is 0.491 e. The highest BCUT2D eigenvalue weighted by atomic mass is 32.2. The van der Waals surface area contributed by atoms with E-state index >= 15 is 0 Å². The monoisotopic (exact) mass is 467 g/mol. The molecule has 0 amide bonds. The number of benzene rings is 1. The molecule has 0 N–H and O–H groups in total. The van der Waals surface area contributed by atoms with E-state index in [2.05, 4.69) is 14.2 Å². The first-order chi connectivity index (χ1) is 15.2. The van der Waals surface area contributed by atoms with Crippen LogP contribution in [0.2, 0.25) is 0 Å². The SMILES string of the molecule is COCCOc1ccn2c(-c3ccc4cccc(OS(=O)(=O)C(F)(F)F)c4n3)cnc2c1. The number of ether oxygens (including phenoxy) is 2. The number of pyridine rings is 2. The summed E-state index contributed by atoms with van der Waals surface area (Å²) in [6.45, 7) is 0.802. The second-order valence-electron chi connectivity index (χ2n) is 6.58. The van der Waals surface area contributed by atoms with Crippen LogP contribution in [0.5, 0.6) is 11.5 Å². The third kappa shape index (κ3) is 4.18. The van der Waals surface area contributed by atoms with Crippen LogP contribution in [0.1, 0.15) is 0 Å². The number of nitrogens with zero attached hydrogens (tertiary/aromatic N) is 3. The lowest BCUT2D eigenvalue weighted by molar-refractivity contribution is -0.0499. The van der Waals surface area contributed by atoms with Crippen molar-refractivity contribution < 1.29 is 35.2 Å². The lowest BCUT2D eigenvalue weighted by atomic mass is 10.1. The standard InChI is InChI=1S/C20H16F3N3O5S/c1-29-9-10-30-14-7-8-26-16(12-24-18(26)11-14)15-6-5-13-3-2-4-17(19(13)25-15)31-32(27,28)20(21,22)23/h2-8,11-12H,9-10H2,1H3. The Hall–Kier alpha value is -3.38. The van der Waals surface area contributed by atoms with Crippen LogP contribution in [0.25, 0.3) is 27.9 Å². The summed E-state index contributed by atoms with van der Waals surface area (Å²) in [7, 11) is -4.27. The summed E-state index contributed by atoms with van der Waals surface area (Å²) in [4.78, 5) is 8.67. The molecule has 0 atom stereocenters. The number of methoxy groups -OCH3 is 1. The second kappa shape index (κ2) is 8.28. The van der Waals surface area contributed by atoms with Gasteiger partial charge in [0.1, 0.15) is 23.5 Å². The number of hydrogen-bond donors (Lipinski definition) is 0. The second-order valence-corrected chi connectivity index (χ2v) is 8.12. The van der Waals surface area contributed by atoms with Gasteiger partial charge in [0, 0.05) is 24.8 Å². The first-order valence-corrected chi connectivity index (χ1v) is 10.6. The van der Waals surface area contributed by atoms with E-state index in [0.717, 1.165) is 6.07 Å². The van der Waals surface area contributed by atoms with E-state index in [1.807, 2.05) is 0 Å². The first-order valence-electron chi connectivity index (χ1n) is 9.19. The highest BCUT2D eigenvalue weighted by molar-refractivity contribution is 7.88. The van der Waals surface area contributed by atoms with Crippen LogP contribution < -0.4 is 8.92 Å². The van der Waals surface area contributed by atoms with Gasteiger partial charge in [0.2, 0.25) is 0 Å². The van der Waals surface area contributed by atoms with Gasteiger partial charge in [0.15, 0.2) is 5.75 Å². The first kappa shape index (κ1) is 21.8. The Balaban J connectivity index is 1.73. The molecular weight excluding hydrogens is 451 g/mol. The Morgan fingerprint density at radius 1 is 1.09 bits per heavy atom. The Kier molecular flexibility index (Phi) is 5.65. The fraction of sp³-hybridized carbons (Fsp3) is 0.200. The molecule has 0 bridgehead atoms. The van der Waals surface area contributed by atoms with Crippen molar-refractivity contribution in [3.05, 3.63) is 54.9 Å². The van der Waals surface area contributed by atoms with Crippen LogP contribution in [-0.2, 0) is 14.9 Å². The molecule has 1 aromatic carbocycles. The van der Waals surface area contributed by atoms with Crippen molar-refractivity contribution in [3.63, 3.8) is 0 Å². The zero-order chi connectivity index (χ0) is 22.9. The van der Waals surface area contributed by atoms with Gasteiger partial charge in [-0.15, -0.1) is 0 Å². The molecule has 32 heavy (non-hydrogen) atoms. The van der Waals surface area contributed by atoms with Crippen LogP contribution in [0.15, 0.2) is 54.9 Å². The average molecular weight is 467 g/mol. The van der Waals surface area contributed by atoms with Gasteiger partial charge in [0.25, 0.3) is 0 Å². The summed E-state index contributed by atoms with van der Waals surface area (Å²) < 4.78 is 77.8. The number of fused-ring (bicyclic) bond motifs is 2. The molecule has 3 heterocycles. The number of rotatable bonds is 7. The molecule has 4 rings (SSSR count). The minimum Gasteiger partial charge on any atom is -0.491 e. The predicted octanol–water partition coefficient (Wildman–Crippen LogP) is 3.80. The third-order valence-corrected chi connectivity index (χ3v) is 5.44. The zero-order valence-electron chi connectivity index (χ0n) is 16.5. The molecule has 0 aliphatic rings. The van der Waals surface area contributed by atoms with E-state index < -0.39 is 21.4 Å². The molecule has 0 saturated carbocycles. The number of alkyl halides is 3. The van der Waals surface area contributed by atoms with Gasteiger partial charge in [0.05, 0.1) is 24.2 Å². The molecule has 0 saturated heterocycles. The number of hydrogen-bond acceptors (Lipinski definition) is 7. The summed E-state index contributed by atoms with van der Waals surface area (Å²) in [6.07, 6.45) is 3.25. The molecule has 8 nitrogen and oxygen atoms in total. The third-order valence-electron chi connectivity index (χ3n) is 4.47. The Morgan fingerprint density at radius 3 is 2.66 bits per heavy atom. The van der Waals surface area contributed by atoms with Gasteiger partial charge >= 0.3 is 15.6 Å². The molecule has 3 aromatic heterocycles. The van der Waals surface area contributed by atoms with Gasteiger partial charge in [-0.1, -0.05) is 18.2 Å². The maximum Gasteiger partial charge on any atom is 0.534 e. The number of halogens is 3. The normalized spacial score (nSPS) is 12.4. The highest BCUT2D eigenvalue weighted by Gasteiger charge is 2.48. The number of para-hydroxylation sites is 1. The van der Waals surface area contributed by atoms with Crippen molar-refractivity contribution in [1.29, 1.82) is 0 Å². The molecule has 0 spiro atoms. The van der Waals surface area contributed by atoms with Crippen LogP contribution >= 0.6 is 0 Å². The van der Waals surface area contributed by atoms with Gasteiger partial charge in [-0.3, -0.25) is 4.40 Å². The van der Waals surface area contributed by atoms with E-state index in [1.165, 1.54) is 6.07 Å². The number of aromatic nitrogens is 3. The van der Waals surface area contributed by atoms with Crippen molar-refractivity contribution in [2.45, 2.75) is 5.51 Å². The summed E-state index contributed by atoms with van der Waals surface area (Å²) in [6, 6.07) is 10.8. The van der Waals surface area contributed by atoms with E-state index in [-0.39, 0.29) is 5.52 Å². The molecule has 0 radical (unpaired) electrons. The fourth-order valence-electron chi connectivity index (χ4n) is 2.98. The molecule has 0 unspecified atom stereocenters. The van der Waals surface area contributed by atoms with E-state index in [4.69, 9.17) is 9.47 Å². The average Bonchev–Trinajstić information content (AvgIpc) is 3.16. The maximum absolute atomic E-state index is 12.8. The molecular formula is C20H16F3N3O5S. The summed E-state index contributed by atoms with van der Waals surface area (Å²) in [5.74, 6) is 0.0653. The Morgan fingerprint density at radius 2 is 1.91 bits per heavy atom. The molecule has 0 fully saturated rings. The van der Waals surface area contributed by atoms with Crippen molar-refractivity contribution in [2.24, 2.45) is 0 Å². The van der Waals surface area contributed by atoms with E-state index in [9.17, 15) is 21.6 Å². The van der Waals surface area contributed by atoms with Gasteiger partial charge < -0.3 is 13.7 Å². The lowest BCUT2D eigenvalue weighted by Crippen LogP contribution is -2.28. The zero-order valence-corrected chi connectivity index (χ0v) is 17.4. The Bertz CT molecular complexity index is 1390. The highest BCUT2D eigenvalue weighted by Crippen LogP contribution is 2.32. The fourth-order valence-corrected chi connectivity index (χ4v) is 3.44. The molecule has 12 heteroatoms. The largest absolute Gasteiger partial charge is 0.534 e. The van der Waals surface area contributed by atoms with Gasteiger partial charge in [-0.25, -0.2) is 9.97 Å². The molecule has 0 aliphatic heterocycles. The van der Waals surface area contributed by atoms with E-state index in [1.54, 1.807) is 54.2 Å². The van der Waals surface area contributed by atoms with Crippen LogP contribution in [-0.4, -0.2) is 48.6 Å². The molecule has 168 valence electrons. The molecule has 0 aliphatic carbocycles. The minimum absolute atomic E-state index is 0.0349. The van der Waals surface area contributed by atoms with Crippen LogP contribution in [0.4, 0.5) is 13.2 Å². The van der Waals surface area contributed by atoms with Crippen LogP contribution in [0.3, 0.4) is 0 Å². The van der Waals surface area contributed by atoms with Crippen LogP contribution in [0, 0.1) is 0 Å². The summed E-state index contributed by atoms with van der Waals surface area (Å²) in [5.41, 5.74) is -4.14. The summed E-state index contributed by atoms with van der Waals surface area (Å²) >= 11 is 0. The summed E-state index contributed by atoms with van der Waals surface area (Å²) in [5, 5.41) is 0.409. The predicted molar refractivity (Wildman–Crippen MR) is 109 cm³/mol. The quantitative estimate of drug-likeness (QED) is 0.232. The Labute approximate surface area is 180 Å². The van der Waals surface area contributed by atoms with Crippen molar-refractivity contribution in [1.82, 2.24) is 14.4 Å². The van der Waals surface area contributed by atoms with Crippen molar-refractivity contribution in [2.75, 3.05) is 20.3 Å². The number of imidazole rings is 1. The van der Waals surface area contributed by atoms with E-state index in [0.29, 0.717) is 41.4 Å². The lowest BCUT2D eigenvalue weighted by Gasteiger charge is -2.11. The molecule has 4 aromatic rings. The minimum atomic E-state index is -5.84. The van der Waals surface area contributed by atoms with Gasteiger partial charge in [-0.05, 0) is 18.2 Å². The van der Waals surface area contributed by atoms with Crippen molar-refractivity contribution >= 4 is 26.7 Å².